The summed E-state index contributed by atoms with van der Waals surface area (Å²) >= 11 is 1.15. The Morgan fingerprint density at radius 2 is 1.93 bits per heavy atom. The zero-order valence-corrected chi connectivity index (χ0v) is 16.7. The number of amides is 1. The van der Waals surface area contributed by atoms with Crippen molar-refractivity contribution in [2.75, 3.05) is 11.1 Å². The van der Waals surface area contributed by atoms with E-state index in [2.05, 4.69) is 25.9 Å². The van der Waals surface area contributed by atoms with E-state index in [4.69, 9.17) is 4.52 Å². The van der Waals surface area contributed by atoms with Crippen molar-refractivity contribution < 1.29 is 14.1 Å². The number of thioether (sulfide) groups is 1. The molecule has 9 nitrogen and oxygen atoms in total. The van der Waals surface area contributed by atoms with Gasteiger partial charge in [0.1, 0.15) is 5.69 Å². The van der Waals surface area contributed by atoms with E-state index in [1.807, 2.05) is 30.3 Å². The van der Waals surface area contributed by atoms with E-state index in [0.717, 1.165) is 17.3 Å². The molecule has 4 aromatic rings. The molecule has 2 aromatic heterocycles. The lowest BCUT2D eigenvalue weighted by atomic mass is 10.1. The number of carbonyl (C=O) groups excluding carboxylic acids is 2. The number of benzene rings is 2. The van der Waals surface area contributed by atoms with Crippen molar-refractivity contribution in [2.24, 2.45) is 0 Å². The van der Waals surface area contributed by atoms with Gasteiger partial charge in [-0.3, -0.25) is 9.59 Å². The van der Waals surface area contributed by atoms with Gasteiger partial charge in [0, 0.05) is 24.2 Å². The maximum atomic E-state index is 12.4. The molecule has 0 bridgehead atoms. The fraction of sp³-hybridized carbons (Fsp3) is 0.100. The Balaban J connectivity index is 1.40. The molecule has 0 aliphatic rings. The summed E-state index contributed by atoms with van der Waals surface area (Å²) in [6.45, 7) is 1.43. The number of Topliss-reactive ketones (excluding diaryl/α,β-unsaturated/α-hetero) is 1. The lowest BCUT2D eigenvalue weighted by Gasteiger charge is -2.03. The van der Waals surface area contributed by atoms with Crippen molar-refractivity contribution in [3.8, 4) is 16.9 Å². The summed E-state index contributed by atoms with van der Waals surface area (Å²) in [6, 6.07) is 18.1. The van der Waals surface area contributed by atoms with Crippen molar-refractivity contribution in [2.45, 2.75) is 12.1 Å². The van der Waals surface area contributed by atoms with Gasteiger partial charge < -0.3 is 9.84 Å². The molecule has 0 aliphatic heterocycles. The van der Waals surface area contributed by atoms with Crippen LogP contribution in [0, 0.1) is 0 Å². The maximum absolute atomic E-state index is 12.4. The van der Waals surface area contributed by atoms with Gasteiger partial charge in [0.05, 0.1) is 11.4 Å². The number of anilines is 1. The summed E-state index contributed by atoms with van der Waals surface area (Å²) in [4.78, 5) is 24.9. The molecule has 2 aromatic carbocycles. The number of nitrogens with zero attached hydrogens (tertiary/aromatic N) is 5. The second-order valence-electron chi connectivity index (χ2n) is 6.25. The third-order valence-corrected chi connectivity index (χ3v) is 4.81. The lowest BCUT2D eigenvalue weighted by Crippen LogP contribution is -2.07. The maximum Gasteiger partial charge on any atom is 0.232 e. The molecule has 4 rings (SSSR count). The minimum Gasteiger partial charge on any atom is -0.352 e. The highest BCUT2D eigenvalue weighted by molar-refractivity contribution is 7.99. The largest absolute Gasteiger partial charge is 0.352 e. The molecule has 150 valence electrons. The Labute approximate surface area is 175 Å². The van der Waals surface area contributed by atoms with Crippen LogP contribution in [0.2, 0.25) is 0 Å². The summed E-state index contributed by atoms with van der Waals surface area (Å²) < 4.78 is 5.18. The van der Waals surface area contributed by atoms with Gasteiger partial charge in [-0.1, -0.05) is 53.3 Å². The summed E-state index contributed by atoms with van der Waals surface area (Å²) in [5, 5.41) is 19.2. The van der Waals surface area contributed by atoms with Gasteiger partial charge in [0.2, 0.25) is 22.6 Å². The SMILES string of the molecule is CC(=O)Nc1cccc(-n2nnc(SCC(=O)c3cc(-c4ccccc4)no3)n2)c1. The van der Waals surface area contributed by atoms with Crippen LogP contribution in [-0.4, -0.2) is 42.8 Å². The molecular formula is C20H16N6O3S. The molecule has 0 unspecified atom stereocenters. The van der Waals surface area contributed by atoms with Gasteiger partial charge in [0.15, 0.2) is 0 Å². The van der Waals surface area contributed by atoms with E-state index in [1.165, 1.54) is 11.7 Å². The number of carbonyl (C=O) groups is 2. The molecule has 2 heterocycles. The van der Waals surface area contributed by atoms with E-state index in [0.29, 0.717) is 22.2 Å². The number of rotatable bonds is 7. The molecule has 0 radical (unpaired) electrons. The van der Waals surface area contributed by atoms with Crippen LogP contribution in [0.3, 0.4) is 0 Å². The van der Waals surface area contributed by atoms with E-state index in [1.54, 1.807) is 30.3 Å². The molecule has 0 aliphatic carbocycles. The zero-order valence-electron chi connectivity index (χ0n) is 15.8. The zero-order chi connectivity index (χ0) is 20.9. The second-order valence-corrected chi connectivity index (χ2v) is 7.19. The predicted molar refractivity (Wildman–Crippen MR) is 110 cm³/mol. The lowest BCUT2D eigenvalue weighted by molar-refractivity contribution is -0.114. The molecule has 0 atom stereocenters. The normalized spacial score (nSPS) is 10.7. The number of ketones is 1. The molecule has 0 saturated carbocycles. The van der Waals surface area contributed by atoms with Crippen LogP contribution in [-0.2, 0) is 4.79 Å². The quantitative estimate of drug-likeness (QED) is 0.358. The third-order valence-electron chi connectivity index (χ3n) is 3.98. The van der Waals surface area contributed by atoms with Crippen LogP contribution in [0.15, 0.2) is 70.3 Å². The smallest absolute Gasteiger partial charge is 0.232 e. The molecule has 1 amide bonds. The van der Waals surface area contributed by atoms with Crippen LogP contribution in [0.5, 0.6) is 0 Å². The number of aromatic nitrogens is 5. The number of nitrogens with one attached hydrogen (secondary N) is 1. The molecule has 0 saturated heterocycles. The van der Waals surface area contributed by atoms with E-state index in [9.17, 15) is 9.59 Å². The fourth-order valence-corrected chi connectivity index (χ4v) is 3.26. The summed E-state index contributed by atoms with van der Waals surface area (Å²) in [5.74, 6) is -0.132. The Morgan fingerprint density at radius 3 is 2.73 bits per heavy atom. The highest BCUT2D eigenvalue weighted by Crippen LogP contribution is 2.21. The first-order chi connectivity index (χ1) is 14.6. The summed E-state index contributed by atoms with van der Waals surface area (Å²) in [6.07, 6.45) is 0. The van der Waals surface area contributed by atoms with Gasteiger partial charge in [-0.25, -0.2) is 0 Å². The first-order valence-electron chi connectivity index (χ1n) is 8.95. The van der Waals surface area contributed by atoms with Gasteiger partial charge in [-0.05, 0) is 23.4 Å². The van der Waals surface area contributed by atoms with Crippen LogP contribution in [0.1, 0.15) is 17.5 Å². The minimum absolute atomic E-state index is 0.0844. The minimum atomic E-state index is -0.223. The average Bonchev–Trinajstić information content (AvgIpc) is 3.43. The summed E-state index contributed by atoms with van der Waals surface area (Å²) in [7, 11) is 0. The van der Waals surface area contributed by atoms with Crippen LogP contribution in [0.25, 0.3) is 16.9 Å². The highest BCUT2D eigenvalue weighted by atomic mass is 32.2. The van der Waals surface area contributed by atoms with Gasteiger partial charge in [-0.15, -0.1) is 15.0 Å². The second kappa shape index (κ2) is 8.70. The first kappa shape index (κ1) is 19.5. The number of tetrazole rings is 1. The molecule has 30 heavy (non-hydrogen) atoms. The molecular weight excluding hydrogens is 404 g/mol. The van der Waals surface area contributed by atoms with Crippen molar-refractivity contribution in [3.05, 3.63) is 66.4 Å². The fourth-order valence-electron chi connectivity index (χ4n) is 2.63. The van der Waals surface area contributed by atoms with Crippen LogP contribution >= 0.6 is 11.8 Å². The van der Waals surface area contributed by atoms with Crippen LogP contribution < -0.4 is 5.32 Å². The Kier molecular flexibility index (Phi) is 5.66. The third kappa shape index (κ3) is 4.61. The monoisotopic (exact) mass is 420 g/mol. The molecule has 0 spiro atoms. The standard InChI is InChI=1S/C20H16N6O3S/c1-13(27)21-15-8-5-9-16(10-15)26-23-20(22-25-26)30-12-18(28)19-11-17(24-29-19)14-6-3-2-4-7-14/h2-11H,12H2,1H3,(H,21,27). The van der Waals surface area contributed by atoms with E-state index in [-0.39, 0.29) is 23.2 Å². The first-order valence-corrected chi connectivity index (χ1v) is 9.93. The van der Waals surface area contributed by atoms with Gasteiger partial charge in [0.25, 0.3) is 0 Å². The van der Waals surface area contributed by atoms with Crippen LogP contribution in [0.4, 0.5) is 5.69 Å². The topological polar surface area (TPSA) is 116 Å². The Hall–Kier alpha value is -3.79. The van der Waals surface area contributed by atoms with Crippen molar-refractivity contribution in [1.29, 1.82) is 0 Å². The Bertz CT molecular complexity index is 1190. The number of hydrogen-bond donors (Lipinski definition) is 1. The molecule has 1 N–H and O–H groups in total. The average molecular weight is 420 g/mol. The van der Waals surface area contributed by atoms with Crippen molar-refractivity contribution in [3.63, 3.8) is 0 Å². The summed E-state index contributed by atoms with van der Waals surface area (Å²) in [5.41, 5.74) is 2.74. The Morgan fingerprint density at radius 1 is 1.10 bits per heavy atom. The van der Waals surface area contributed by atoms with Crippen molar-refractivity contribution >= 4 is 29.1 Å². The number of hydrogen-bond acceptors (Lipinski definition) is 8. The predicted octanol–water partition coefficient (Wildman–Crippen LogP) is 3.25. The van der Waals surface area contributed by atoms with Gasteiger partial charge >= 0.3 is 0 Å². The molecule has 10 heteroatoms. The van der Waals surface area contributed by atoms with Gasteiger partial charge in [-0.2, -0.15) is 0 Å². The van der Waals surface area contributed by atoms with E-state index >= 15 is 0 Å². The molecule has 0 fully saturated rings. The van der Waals surface area contributed by atoms with E-state index < -0.39 is 0 Å². The van der Waals surface area contributed by atoms with Crippen molar-refractivity contribution in [1.82, 2.24) is 25.4 Å². The highest BCUT2D eigenvalue weighted by Gasteiger charge is 2.16.